The summed E-state index contributed by atoms with van der Waals surface area (Å²) in [4.78, 5) is 32.2. The lowest BCUT2D eigenvalue weighted by Crippen LogP contribution is -2.44. The second-order valence-corrected chi connectivity index (χ2v) is 7.04. The van der Waals surface area contributed by atoms with Crippen molar-refractivity contribution in [3.63, 3.8) is 0 Å². The Bertz CT molecular complexity index is 1080. The summed E-state index contributed by atoms with van der Waals surface area (Å²) in [6.07, 6.45) is -0.606. The van der Waals surface area contributed by atoms with Gasteiger partial charge in [-0.2, -0.15) is 4.98 Å². The van der Waals surface area contributed by atoms with Gasteiger partial charge in [-0.3, -0.25) is 9.59 Å². The molecule has 2 aliphatic heterocycles. The van der Waals surface area contributed by atoms with Crippen LogP contribution in [0, 0.1) is 0 Å². The van der Waals surface area contributed by atoms with Gasteiger partial charge in [0.2, 0.25) is 5.91 Å². The van der Waals surface area contributed by atoms with Crippen molar-refractivity contribution >= 4 is 40.3 Å². The average Bonchev–Trinajstić information content (AvgIpc) is 3.12. The summed E-state index contributed by atoms with van der Waals surface area (Å²) in [5.41, 5.74) is 3.18. The van der Waals surface area contributed by atoms with E-state index in [9.17, 15) is 24.9 Å². The summed E-state index contributed by atoms with van der Waals surface area (Å²) >= 11 is 0. The molecule has 154 valence electrons. The van der Waals surface area contributed by atoms with Crippen LogP contribution in [-0.4, -0.2) is 68.1 Å². The topological polar surface area (TPSA) is 184 Å². The number of carbonyl (C=O) groups excluding carboxylic acids is 1. The summed E-state index contributed by atoms with van der Waals surface area (Å²) in [7, 11) is 0. The molecular formula is C17H20N6O6. The molecule has 0 unspecified atom stereocenters. The molecule has 0 saturated carbocycles. The van der Waals surface area contributed by atoms with Crippen molar-refractivity contribution in [1.29, 1.82) is 0 Å². The van der Waals surface area contributed by atoms with Gasteiger partial charge in [0.1, 0.15) is 29.4 Å². The number of anilines is 2. The summed E-state index contributed by atoms with van der Waals surface area (Å²) in [5, 5.41) is 36.7. The molecule has 1 fully saturated rings. The van der Waals surface area contributed by atoms with E-state index in [1.165, 1.54) is 24.0 Å². The third kappa shape index (κ3) is 2.97. The number of rotatable bonds is 4. The van der Waals surface area contributed by atoms with Crippen LogP contribution in [0.3, 0.4) is 0 Å². The van der Waals surface area contributed by atoms with E-state index < -0.39 is 42.1 Å². The van der Waals surface area contributed by atoms with Crippen molar-refractivity contribution in [3.05, 3.63) is 22.6 Å². The normalized spacial score (nSPS) is 27.8. The number of ether oxygens (including phenoxy) is 1. The van der Waals surface area contributed by atoms with Crippen LogP contribution in [0.1, 0.15) is 13.2 Å². The fraction of sp³-hybridized carbons (Fsp3) is 0.412. The number of hydrogen-bond donors (Lipinski definition) is 6. The number of nitrogens with zero attached hydrogens (tertiary/aromatic N) is 3. The van der Waals surface area contributed by atoms with E-state index in [0.29, 0.717) is 10.8 Å². The zero-order chi connectivity index (χ0) is 20.9. The molecule has 0 bridgehead atoms. The predicted molar refractivity (Wildman–Crippen MR) is 103 cm³/mol. The van der Waals surface area contributed by atoms with Gasteiger partial charge in [-0.25, -0.2) is 4.99 Å². The molecule has 4 atom stereocenters. The van der Waals surface area contributed by atoms with Crippen LogP contribution in [0.25, 0.3) is 10.8 Å². The van der Waals surface area contributed by atoms with Crippen molar-refractivity contribution in [1.82, 2.24) is 9.55 Å². The minimum atomic E-state index is -1.75. The van der Waals surface area contributed by atoms with E-state index in [4.69, 9.17) is 10.5 Å². The maximum Gasteiger partial charge on any atom is 0.273 e. The van der Waals surface area contributed by atoms with Crippen LogP contribution in [0.5, 0.6) is 0 Å². The third-order valence-electron chi connectivity index (χ3n) is 5.06. The maximum atomic E-state index is 12.1. The zero-order valence-electron chi connectivity index (χ0n) is 15.4. The molecule has 7 N–H and O–H groups in total. The SMILES string of the molecule is C[C@]1(O)[C@H](O)[C@@H](CO)O[C@H]1n1cc2c(NC(=O)CN)cc(=O)nc3c2c1N=CN3. The number of aliphatic imine (C=N–C) groups is 1. The largest absolute Gasteiger partial charge is 0.394 e. The Hall–Kier alpha value is -2.90. The van der Waals surface area contributed by atoms with Crippen LogP contribution in [0.15, 0.2) is 22.1 Å². The van der Waals surface area contributed by atoms with E-state index in [1.54, 1.807) is 0 Å². The lowest BCUT2D eigenvalue weighted by molar-refractivity contribution is -0.114. The smallest absolute Gasteiger partial charge is 0.273 e. The predicted octanol–water partition coefficient (Wildman–Crippen LogP) is -1.62. The highest BCUT2D eigenvalue weighted by Gasteiger charge is 2.53. The number of amides is 1. The van der Waals surface area contributed by atoms with Gasteiger partial charge in [0, 0.05) is 17.6 Å². The standard InChI is InChI=1S/C17H20N6O6/c1-17(28)13(27)9(5-24)29-16(17)23-4-7-8(21-11(26)3-18)2-10(25)22-14-12(7)15(23)20-6-19-14/h2,4,6,9,13,16,24,27-28H,3,5,18H2,1H3,(H,21,26)(H,19,20,22,25)/t9-,13-,16-,17+/m1/s1. The Kier molecular flexibility index (Phi) is 4.59. The number of aliphatic hydroxyl groups is 3. The minimum absolute atomic E-state index is 0.162. The summed E-state index contributed by atoms with van der Waals surface area (Å²) in [6.45, 7) is 0.601. The van der Waals surface area contributed by atoms with Crippen LogP contribution in [0.4, 0.5) is 17.3 Å². The van der Waals surface area contributed by atoms with Gasteiger partial charge in [0.25, 0.3) is 5.56 Å². The van der Waals surface area contributed by atoms with Gasteiger partial charge in [0.05, 0.1) is 30.6 Å². The maximum absolute atomic E-state index is 12.1. The molecule has 12 nitrogen and oxygen atoms in total. The van der Waals surface area contributed by atoms with E-state index in [-0.39, 0.29) is 23.9 Å². The number of hydrogen-bond acceptors (Lipinski definition) is 10. The van der Waals surface area contributed by atoms with Gasteiger partial charge in [-0.1, -0.05) is 0 Å². The van der Waals surface area contributed by atoms with Crippen molar-refractivity contribution in [3.8, 4) is 0 Å². The number of nitrogens with two attached hydrogens (primary N) is 1. The third-order valence-corrected chi connectivity index (χ3v) is 5.06. The molecule has 0 spiro atoms. The van der Waals surface area contributed by atoms with E-state index in [1.807, 2.05) is 0 Å². The van der Waals surface area contributed by atoms with E-state index in [2.05, 4.69) is 20.6 Å². The van der Waals surface area contributed by atoms with Gasteiger partial charge < -0.3 is 41.0 Å². The second kappa shape index (κ2) is 6.86. The van der Waals surface area contributed by atoms with E-state index in [0.717, 1.165) is 6.07 Å². The van der Waals surface area contributed by atoms with E-state index >= 15 is 0 Å². The molecular weight excluding hydrogens is 384 g/mol. The monoisotopic (exact) mass is 404 g/mol. The van der Waals surface area contributed by atoms with Gasteiger partial charge in [-0.05, 0) is 6.92 Å². The summed E-state index contributed by atoms with van der Waals surface area (Å²) in [6, 6.07) is 1.15. The Morgan fingerprint density at radius 3 is 2.93 bits per heavy atom. The highest BCUT2D eigenvalue weighted by Crippen LogP contribution is 2.45. The molecule has 2 aromatic rings. The first kappa shape index (κ1) is 19.4. The number of nitrogens with one attached hydrogen (secondary N) is 2. The molecule has 2 aliphatic rings. The highest BCUT2D eigenvalue weighted by atomic mass is 16.6. The number of aliphatic hydroxyl groups excluding tert-OH is 2. The van der Waals surface area contributed by atoms with Crippen LogP contribution in [-0.2, 0) is 9.53 Å². The van der Waals surface area contributed by atoms with Gasteiger partial charge >= 0.3 is 0 Å². The Balaban J connectivity index is 1.97. The van der Waals surface area contributed by atoms with Crippen LogP contribution in [0.2, 0.25) is 0 Å². The first-order valence-corrected chi connectivity index (χ1v) is 8.83. The Morgan fingerprint density at radius 1 is 1.52 bits per heavy atom. The second-order valence-electron chi connectivity index (χ2n) is 7.04. The first-order chi connectivity index (χ1) is 13.8. The van der Waals surface area contributed by atoms with Crippen LogP contribution >= 0.6 is 0 Å². The Labute approximate surface area is 163 Å². The molecule has 29 heavy (non-hydrogen) atoms. The first-order valence-electron chi connectivity index (χ1n) is 8.83. The lowest BCUT2D eigenvalue weighted by atomic mass is 9.96. The molecule has 0 aromatic carbocycles. The van der Waals surface area contributed by atoms with Gasteiger partial charge in [0.15, 0.2) is 6.23 Å². The average molecular weight is 404 g/mol. The number of aromatic nitrogens is 2. The molecule has 2 aromatic heterocycles. The van der Waals surface area contributed by atoms with Crippen molar-refractivity contribution < 1.29 is 24.9 Å². The van der Waals surface area contributed by atoms with Crippen molar-refractivity contribution in [2.24, 2.45) is 10.7 Å². The van der Waals surface area contributed by atoms with Crippen molar-refractivity contribution in [2.45, 2.75) is 31.0 Å². The fourth-order valence-corrected chi connectivity index (χ4v) is 3.62. The zero-order valence-corrected chi connectivity index (χ0v) is 15.4. The molecule has 12 heteroatoms. The minimum Gasteiger partial charge on any atom is -0.394 e. The van der Waals surface area contributed by atoms with Gasteiger partial charge in [-0.15, -0.1) is 0 Å². The molecule has 1 saturated heterocycles. The summed E-state index contributed by atoms with van der Waals surface area (Å²) < 4.78 is 7.15. The molecule has 4 rings (SSSR count). The summed E-state index contributed by atoms with van der Waals surface area (Å²) in [5.74, 6) is -0.0174. The molecule has 0 radical (unpaired) electrons. The number of carbonyl (C=O) groups is 1. The quantitative estimate of drug-likeness (QED) is 0.348. The molecule has 0 aliphatic carbocycles. The highest BCUT2D eigenvalue weighted by molar-refractivity contribution is 6.12. The fourth-order valence-electron chi connectivity index (χ4n) is 3.62. The molecule has 1 amide bonds. The molecule has 4 heterocycles. The van der Waals surface area contributed by atoms with Crippen molar-refractivity contribution in [2.75, 3.05) is 23.8 Å². The Morgan fingerprint density at radius 2 is 2.28 bits per heavy atom. The van der Waals surface area contributed by atoms with Crippen LogP contribution < -0.4 is 21.9 Å². The lowest BCUT2D eigenvalue weighted by Gasteiger charge is -2.28.